The van der Waals surface area contributed by atoms with E-state index in [-0.39, 0.29) is 18.6 Å². The summed E-state index contributed by atoms with van der Waals surface area (Å²) in [6.45, 7) is 2.18. The number of ether oxygens (including phenoxy) is 1. The van der Waals surface area contributed by atoms with Crippen molar-refractivity contribution in [2.24, 2.45) is 5.92 Å². The summed E-state index contributed by atoms with van der Waals surface area (Å²) in [5.41, 5.74) is 4.40. The maximum absolute atomic E-state index is 12.8. The van der Waals surface area contributed by atoms with Gasteiger partial charge in [-0.25, -0.2) is 4.79 Å². The first kappa shape index (κ1) is 22.8. The lowest BCUT2D eigenvalue weighted by molar-refractivity contribution is -0.140. The van der Waals surface area contributed by atoms with Gasteiger partial charge in [-0.15, -0.1) is 0 Å². The highest BCUT2D eigenvalue weighted by Gasteiger charge is 2.32. The molecule has 2 aromatic rings. The summed E-state index contributed by atoms with van der Waals surface area (Å²) in [5, 5.41) is 14.7. The first-order valence-corrected chi connectivity index (χ1v) is 11.6. The minimum Gasteiger partial charge on any atom is -0.481 e. The van der Waals surface area contributed by atoms with Crippen molar-refractivity contribution in [3.63, 3.8) is 0 Å². The molecule has 3 unspecified atom stereocenters. The molecule has 1 saturated carbocycles. The van der Waals surface area contributed by atoms with Gasteiger partial charge in [0, 0.05) is 12.0 Å². The molecule has 2 amide bonds. The molecule has 1 fully saturated rings. The molecular formula is C26H30N2O5. The van der Waals surface area contributed by atoms with Gasteiger partial charge in [0.25, 0.3) is 0 Å². The molecule has 0 spiro atoms. The van der Waals surface area contributed by atoms with E-state index in [0.29, 0.717) is 5.92 Å². The summed E-state index contributed by atoms with van der Waals surface area (Å²) in [4.78, 5) is 36.7. The molecule has 3 N–H and O–H groups in total. The number of carboxylic acids is 1. The van der Waals surface area contributed by atoms with Crippen LogP contribution in [0.1, 0.15) is 56.1 Å². The molecule has 3 atom stereocenters. The molecule has 0 radical (unpaired) electrons. The smallest absolute Gasteiger partial charge is 0.407 e. The minimum absolute atomic E-state index is 0.0168. The van der Waals surface area contributed by atoms with Gasteiger partial charge in [0.2, 0.25) is 5.91 Å². The van der Waals surface area contributed by atoms with Crippen molar-refractivity contribution < 1.29 is 24.2 Å². The molecule has 7 heteroatoms. The van der Waals surface area contributed by atoms with Gasteiger partial charge in [0.05, 0.1) is 6.42 Å². The molecule has 0 bridgehead atoms. The van der Waals surface area contributed by atoms with Crippen molar-refractivity contribution in [2.75, 3.05) is 6.61 Å². The molecule has 0 aromatic heterocycles. The largest absolute Gasteiger partial charge is 0.481 e. The van der Waals surface area contributed by atoms with E-state index < -0.39 is 30.4 Å². The average molecular weight is 451 g/mol. The molecular weight excluding hydrogens is 420 g/mol. The van der Waals surface area contributed by atoms with Crippen LogP contribution in [0.5, 0.6) is 0 Å². The second-order valence-corrected chi connectivity index (χ2v) is 8.83. The summed E-state index contributed by atoms with van der Waals surface area (Å²) in [6, 6.07) is 14.8. The van der Waals surface area contributed by atoms with E-state index in [9.17, 15) is 19.5 Å². The van der Waals surface area contributed by atoms with Gasteiger partial charge in [-0.1, -0.05) is 68.3 Å². The Morgan fingerprint density at radius 1 is 1.03 bits per heavy atom. The van der Waals surface area contributed by atoms with Gasteiger partial charge < -0.3 is 20.5 Å². The molecule has 2 aliphatic rings. The minimum atomic E-state index is -1.18. The van der Waals surface area contributed by atoms with Crippen molar-refractivity contribution in [1.82, 2.24) is 10.6 Å². The number of aliphatic carboxylic acids is 1. The van der Waals surface area contributed by atoms with E-state index in [1.54, 1.807) is 0 Å². The Hall–Kier alpha value is -3.35. The van der Waals surface area contributed by atoms with Crippen LogP contribution in [0.25, 0.3) is 11.1 Å². The molecule has 2 aromatic carbocycles. The lowest BCUT2D eigenvalue weighted by Gasteiger charge is -2.23. The van der Waals surface area contributed by atoms with Gasteiger partial charge >= 0.3 is 12.1 Å². The highest BCUT2D eigenvalue weighted by Crippen LogP contribution is 2.44. The number of carbonyl (C=O) groups excluding carboxylic acids is 2. The molecule has 7 nitrogen and oxygen atoms in total. The number of hydrogen-bond donors (Lipinski definition) is 3. The van der Waals surface area contributed by atoms with Gasteiger partial charge in [0.15, 0.2) is 0 Å². The van der Waals surface area contributed by atoms with E-state index in [1.165, 1.54) is 0 Å². The molecule has 2 aliphatic carbocycles. The zero-order valence-corrected chi connectivity index (χ0v) is 18.8. The lowest BCUT2D eigenvalue weighted by atomic mass is 9.98. The zero-order valence-electron chi connectivity index (χ0n) is 18.8. The summed E-state index contributed by atoms with van der Waals surface area (Å²) >= 11 is 0. The van der Waals surface area contributed by atoms with Gasteiger partial charge in [-0.3, -0.25) is 9.59 Å². The lowest BCUT2D eigenvalue weighted by Crippen LogP contribution is -2.51. The number of carbonyl (C=O) groups is 3. The van der Waals surface area contributed by atoms with Crippen molar-refractivity contribution in [3.8, 4) is 11.1 Å². The Kier molecular flexibility index (Phi) is 6.96. The zero-order chi connectivity index (χ0) is 23.4. The number of alkyl carbamates (subject to hydrolysis) is 1. The third-order valence-corrected chi connectivity index (χ3v) is 6.84. The SMILES string of the molecule is CCC1CCCC1NC(=O)C(CC(=O)O)NC(=O)OCC1c2ccccc2-c2ccccc21. The van der Waals surface area contributed by atoms with Gasteiger partial charge in [-0.2, -0.15) is 0 Å². The van der Waals surface area contributed by atoms with Gasteiger partial charge in [-0.05, 0) is 41.0 Å². The Morgan fingerprint density at radius 3 is 2.27 bits per heavy atom. The van der Waals surface area contributed by atoms with E-state index in [1.807, 2.05) is 48.5 Å². The summed E-state index contributed by atoms with van der Waals surface area (Å²) < 4.78 is 5.49. The second-order valence-electron chi connectivity index (χ2n) is 8.83. The summed E-state index contributed by atoms with van der Waals surface area (Å²) in [5.74, 6) is -1.36. The van der Waals surface area contributed by atoms with E-state index >= 15 is 0 Å². The van der Waals surface area contributed by atoms with Crippen molar-refractivity contribution in [2.45, 2.75) is 57.0 Å². The Morgan fingerprint density at radius 2 is 1.67 bits per heavy atom. The monoisotopic (exact) mass is 450 g/mol. The normalized spacial score (nSPS) is 19.9. The average Bonchev–Trinajstić information content (AvgIpc) is 3.39. The third kappa shape index (κ3) is 5.02. The first-order chi connectivity index (χ1) is 16.0. The van der Waals surface area contributed by atoms with E-state index in [0.717, 1.165) is 47.9 Å². The van der Waals surface area contributed by atoms with Crippen molar-refractivity contribution in [3.05, 3.63) is 59.7 Å². The van der Waals surface area contributed by atoms with Crippen LogP contribution >= 0.6 is 0 Å². The predicted molar refractivity (Wildman–Crippen MR) is 124 cm³/mol. The van der Waals surface area contributed by atoms with Crippen LogP contribution in [-0.2, 0) is 14.3 Å². The van der Waals surface area contributed by atoms with E-state index in [4.69, 9.17) is 4.74 Å². The van der Waals surface area contributed by atoms with Crippen LogP contribution in [0.15, 0.2) is 48.5 Å². The highest BCUT2D eigenvalue weighted by molar-refractivity contribution is 5.89. The van der Waals surface area contributed by atoms with Crippen molar-refractivity contribution in [1.29, 1.82) is 0 Å². The fourth-order valence-corrected chi connectivity index (χ4v) is 5.17. The van der Waals surface area contributed by atoms with E-state index in [2.05, 4.69) is 17.6 Å². The molecule has 174 valence electrons. The number of benzene rings is 2. The van der Waals surface area contributed by atoms with Crippen LogP contribution in [0.2, 0.25) is 0 Å². The quantitative estimate of drug-likeness (QED) is 0.563. The van der Waals surface area contributed by atoms with Gasteiger partial charge in [0.1, 0.15) is 12.6 Å². The fourth-order valence-electron chi connectivity index (χ4n) is 5.17. The Balaban J connectivity index is 1.40. The molecule has 0 heterocycles. The Bertz CT molecular complexity index is 991. The van der Waals surface area contributed by atoms with Crippen LogP contribution in [0, 0.1) is 5.92 Å². The number of carboxylic acid groups (broad SMARTS) is 1. The number of fused-ring (bicyclic) bond motifs is 3. The van der Waals surface area contributed by atoms with Crippen LogP contribution < -0.4 is 10.6 Å². The number of rotatable bonds is 8. The number of hydrogen-bond acceptors (Lipinski definition) is 4. The molecule has 4 rings (SSSR count). The van der Waals surface area contributed by atoms with Crippen molar-refractivity contribution >= 4 is 18.0 Å². The summed E-state index contributed by atoms with van der Waals surface area (Å²) in [7, 11) is 0. The molecule has 0 saturated heterocycles. The first-order valence-electron chi connectivity index (χ1n) is 11.6. The van der Waals surface area contributed by atoms with Crippen LogP contribution in [0.3, 0.4) is 0 Å². The standard InChI is InChI=1S/C26H30N2O5/c1-2-16-8-7-13-22(16)27-25(31)23(14-24(29)30)28-26(32)33-15-21-19-11-5-3-9-17(19)18-10-4-6-12-20(18)21/h3-6,9-12,16,21-23H,2,7-8,13-15H2,1H3,(H,27,31)(H,28,32)(H,29,30). The maximum atomic E-state index is 12.8. The molecule has 33 heavy (non-hydrogen) atoms. The fraction of sp³-hybridized carbons (Fsp3) is 0.423. The predicted octanol–water partition coefficient (Wildman–Crippen LogP) is 4.06. The second kappa shape index (κ2) is 10.1. The topological polar surface area (TPSA) is 105 Å². The van der Waals surface area contributed by atoms with Crippen LogP contribution in [0.4, 0.5) is 4.79 Å². The van der Waals surface area contributed by atoms with Crippen LogP contribution in [-0.4, -0.2) is 41.8 Å². The maximum Gasteiger partial charge on any atom is 0.407 e. The Labute approximate surface area is 193 Å². The molecule has 0 aliphatic heterocycles. The number of nitrogens with one attached hydrogen (secondary N) is 2. The number of amides is 2. The summed E-state index contributed by atoms with van der Waals surface area (Å²) in [6.07, 6.45) is 2.61. The highest BCUT2D eigenvalue weighted by atomic mass is 16.5. The third-order valence-electron chi connectivity index (χ3n) is 6.84.